The Labute approximate surface area is 210 Å². The number of carbonyl (C=O) groups excluding carboxylic acids is 3. The van der Waals surface area contributed by atoms with Gasteiger partial charge in [0.25, 0.3) is 11.8 Å². The van der Waals surface area contributed by atoms with E-state index in [9.17, 15) is 24.3 Å². The third kappa shape index (κ3) is 5.41. The number of amides is 2. The zero-order chi connectivity index (χ0) is 25.7. The fraction of sp³-hybridized carbons (Fsp3) is 0.240. The zero-order valence-electron chi connectivity index (χ0n) is 19.2. The van der Waals surface area contributed by atoms with E-state index in [0.29, 0.717) is 11.1 Å². The Morgan fingerprint density at radius 1 is 1.08 bits per heavy atom. The SMILES string of the molecule is CC(=O)OCC1=C(C(=O)O)N2C(=O)[C@@H](NC(=O)C(=NOCc3ccccc3)c3ccccc3)[C@H]2SC1. The van der Waals surface area contributed by atoms with E-state index in [1.807, 2.05) is 30.3 Å². The summed E-state index contributed by atoms with van der Waals surface area (Å²) in [4.78, 5) is 55.7. The molecule has 2 aromatic carbocycles. The normalized spacial score (nSPS) is 19.2. The van der Waals surface area contributed by atoms with Gasteiger partial charge in [-0.3, -0.25) is 19.3 Å². The molecule has 0 aliphatic carbocycles. The second-order valence-electron chi connectivity index (χ2n) is 7.96. The fourth-order valence-electron chi connectivity index (χ4n) is 3.76. The molecular weight excluding hydrogens is 486 g/mol. The number of fused-ring (bicyclic) bond motifs is 1. The molecule has 0 saturated carbocycles. The van der Waals surface area contributed by atoms with Gasteiger partial charge in [0.2, 0.25) is 0 Å². The van der Waals surface area contributed by atoms with Gasteiger partial charge >= 0.3 is 11.9 Å². The Morgan fingerprint density at radius 3 is 2.39 bits per heavy atom. The maximum Gasteiger partial charge on any atom is 0.352 e. The van der Waals surface area contributed by atoms with Gasteiger partial charge in [-0.25, -0.2) is 4.79 Å². The second kappa shape index (κ2) is 11.1. The monoisotopic (exact) mass is 509 g/mol. The van der Waals surface area contributed by atoms with Gasteiger partial charge in [-0.1, -0.05) is 65.8 Å². The van der Waals surface area contributed by atoms with Crippen molar-refractivity contribution in [3.8, 4) is 0 Å². The van der Waals surface area contributed by atoms with Crippen molar-refractivity contribution in [3.63, 3.8) is 0 Å². The summed E-state index contributed by atoms with van der Waals surface area (Å²) in [5.74, 6) is -2.83. The number of carboxylic acids is 1. The first kappa shape index (κ1) is 25.0. The van der Waals surface area contributed by atoms with E-state index in [4.69, 9.17) is 9.57 Å². The largest absolute Gasteiger partial charge is 0.477 e. The highest BCUT2D eigenvalue weighted by Gasteiger charge is 2.54. The summed E-state index contributed by atoms with van der Waals surface area (Å²) < 4.78 is 4.94. The molecule has 10 nitrogen and oxygen atoms in total. The lowest BCUT2D eigenvalue weighted by Crippen LogP contribution is -2.71. The lowest BCUT2D eigenvalue weighted by molar-refractivity contribution is -0.150. The van der Waals surface area contributed by atoms with Gasteiger partial charge in [0.05, 0.1) is 0 Å². The Balaban J connectivity index is 1.50. The van der Waals surface area contributed by atoms with Crippen LogP contribution in [0.5, 0.6) is 0 Å². The van der Waals surface area contributed by atoms with Crippen molar-refractivity contribution in [2.75, 3.05) is 12.4 Å². The predicted molar refractivity (Wildman–Crippen MR) is 131 cm³/mol. The number of carbonyl (C=O) groups is 4. The number of hydrogen-bond acceptors (Lipinski definition) is 8. The second-order valence-corrected chi connectivity index (χ2v) is 9.07. The molecule has 36 heavy (non-hydrogen) atoms. The minimum absolute atomic E-state index is 0.0110. The maximum atomic E-state index is 13.2. The molecule has 0 aromatic heterocycles. The predicted octanol–water partition coefficient (Wildman–Crippen LogP) is 1.91. The van der Waals surface area contributed by atoms with Gasteiger partial charge < -0.3 is 20.0 Å². The number of hydrogen-bond donors (Lipinski definition) is 2. The molecule has 2 heterocycles. The van der Waals surface area contributed by atoms with E-state index in [1.165, 1.54) is 18.7 Å². The van der Waals surface area contributed by atoms with Crippen molar-refractivity contribution in [1.82, 2.24) is 10.2 Å². The number of aliphatic carboxylic acids is 1. The van der Waals surface area contributed by atoms with Crippen LogP contribution >= 0.6 is 11.8 Å². The molecule has 0 radical (unpaired) electrons. The first-order valence-electron chi connectivity index (χ1n) is 11.0. The third-order valence-corrected chi connectivity index (χ3v) is 6.82. The van der Waals surface area contributed by atoms with Crippen molar-refractivity contribution in [2.24, 2.45) is 5.16 Å². The van der Waals surface area contributed by atoms with Gasteiger partial charge in [0.1, 0.15) is 30.3 Å². The van der Waals surface area contributed by atoms with Gasteiger partial charge in [-0.15, -0.1) is 11.8 Å². The van der Waals surface area contributed by atoms with E-state index in [1.54, 1.807) is 30.3 Å². The molecular formula is C25H23N3O7S. The average Bonchev–Trinajstić information content (AvgIpc) is 2.88. The summed E-state index contributed by atoms with van der Waals surface area (Å²) in [7, 11) is 0. The van der Waals surface area contributed by atoms with Crippen molar-refractivity contribution >= 4 is 41.2 Å². The molecule has 1 saturated heterocycles. The van der Waals surface area contributed by atoms with Crippen LogP contribution in [0.3, 0.4) is 0 Å². The van der Waals surface area contributed by atoms with E-state index in [0.717, 1.165) is 10.5 Å². The summed E-state index contributed by atoms with van der Waals surface area (Å²) in [5, 5.41) is 15.8. The van der Waals surface area contributed by atoms with Crippen LogP contribution in [0.2, 0.25) is 0 Å². The molecule has 2 amide bonds. The van der Waals surface area contributed by atoms with Crippen molar-refractivity contribution < 1.29 is 33.9 Å². The Hall–Kier alpha value is -4.12. The molecule has 0 unspecified atom stereocenters. The van der Waals surface area contributed by atoms with Crippen LogP contribution in [0, 0.1) is 0 Å². The van der Waals surface area contributed by atoms with Crippen molar-refractivity contribution in [2.45, 2.75) is 24.9 Å². The number of ether oxygens (including phenoxy) is 1. The van der Waals surface area contributed by atoms with E-state index >= 15 is 0 Å². The first-order chi connectivity index (χ1) is 17.4. The summed E-state index contributed by atoms with van der Waals surface area (Å²) in [5.41, 5.74) is 1.45. The Morgan fingerprint density at radius 2 is 1.75 bits per heavy atom. The lowest BCUT2D eigenvalue weighted by Gasteiger charge is -2.49. The molecule has 2 N–H and O–H groups in total. The number of thioether (sulfide) groups is 1. The molecule has 4 rings (SSSR count). The number of rotatable bonds is 9. The number of nitrogens with one attached hydrogen (secondary N) is 1. The van der Waals surface area contributed by atoms with Gasteiger partial charge in [0.15, 0.2) is 5.71 Å². The minimum Gasteiger partial charge on any atom is -0.477 e. The van der Waals surface area contributed by atoms with Crippen LogP contribution in [0.15, 0.2) is 77.1 Å². The van der Waals surface area contributed by atoms with Crippen LogP contribution in [0.25, 0.3) is 0 Å². The summed E-state index contributed by atoms with van der Waals surface area (Å²) in [6, 6.07) is 17.1. The number of esters is 1. The molecule has 2 atom stereocenters. The summed E-state index contributed by atoms with van der Waals surface area (Å²) in [6.45, 7) is 1.15. The molecule has 11 heteroatoms. The molecule has 2 aromatic rings. The quantitative estimate of drug-likeness (QED) is 0.227. The lowest BCUT2D eigenvalue weighted by atomic mass is 10.0. The number of nitrogens with zero attached hydrogens (tertiary/aromatic N) is 2. The van der Waals surface area contributed by atoms with Crippen LogP contribution in [-0.2, 0) is 35.4 Å². The molecule has 2 aliphatic rings. The van der Waals surface area contributed by atoms with E-state index in [-0.39, 0.29) is 30.4 Å². The highest BCUT2D eigenvalue weighted by atomic mass is 32.2. The number of oxime groups is 1. The van der Waals surface area contributed by atoms with Crippen LogP contribution in [0.1, 0.15) is 18.1 Å². The van der Waals surface area contributed by atoms with Crippen molar-refractivity contribution in [1.29, 1.82) is 0 Å². The van der Waals surface area contributed by atoms with Crippen LogP contribution < -0.4 is 5.32 Å². The van der Waals surface area contributed by atoms with Gasteiger partial charge in [-0.2, -0.15) is 0 Å². The number of benzene rings is 2. The minimum atomic E-state index is -1.30. The molecule has 2 aliphatic heterocycles. The van der Waals surface area contributed by atoms with Crippen LogP contribution in [0.4, 0.5) is 0 Å². The van der Waals surface area contributed by atoms with E-state index in [2.05, 4.69) is 10.5 Å². The zero-order valence-corrected chi connectivity index (χ0v) is 20.1. The smallest absolute Gasteiger partial charge is 0.352 e. The van der Waals surface area contributed by atoms with Crippen LogP contribution in [-0.4, -0.2) is 63.2 Å². The van der Waals surface area contributed by atoms with E-state index < -0.39 is 35.2 Å². The summed E-state index contributed by atoms with van der Waals surface area (Å²) >= 11 is 1.28. The molecule has 0 spiro atoms. The van der Waals surface area contributed by atoms with Gasteiger partial charge in [-0.05, 0) is 5.56 Å². The molecule has 0 bridgehead atoms. The first-order valence-corrected chi connectivity index (χ1v) is 12.0. The van der Waals surface area contributed by atoms with Gasteiger partial charge in [0, 0.05) is 23.8 Å². The highest BCUT2D eigenvalue weighted by molar-refractivity contribution is 8.00. The number of β-lactam (4-membered cyclic amide) rings is 1. The standard InChI is InChI=1S/C25H23N3O7S/c1-15(29)34-13-18-14-36-24-20(23(31)28(24)21(18)25(32)33)26-22(30)19(17-10-6-3-7-11-17)27-35-12-16-8-4-2-5-9-16/h2-11,20,24H,12-14H2,1H3,(H,26,30)(H,32,33)/t20-,24-/m1/s1. The number of carboxylic acid groups (broad SMARTS) is 1. The highest BCUT2D eigenvalue weighted by Crippen LogP contribution is 2.40. The average molecular weight is 510 g/mol. The topological polar surface area (TPSA) is 135 Å². The maximum absolute atomic E-state index is 13.2. The molecule has 1 fully saturated rings. The fourth-order valence-corrected chi connectivity index (χ4v) is 5.09. The summed E-state index contributed by atoms with van der Waals surface area (Å²) in [6.07, 6.45) is 0. The molecule has 186 valence electrons. The third-order valence-electron chi connectivity index (χ3n) is 5.48. The Kier molecular flexibility index (Phi) is 7.69. The Bertz CT molecular complexity index is 1230. The van der Waals surface area contributed by atoms with Crippen molar-refractivity contribution in [3.05, 3.63) is 83.1 Å².